The van der Waals surface area contributed by atoms with Gasteiger partial charge in [-0.1, -0.05) is 48.0 Å². The first-order chi connectivity index (χ1) is 12.7. The highest BCUT2D eigenvalue weighted by Gasteiger charge is 2.33. The molecule has 3 aromatic rings. The first-order valence-electron chi connectivity index (χ1n) is 8.96. The molecule has 1 amide bonds. The predicted molar refractivity (Wildman–Crippen MR) is 104 cm³/mol. The van der Waals surface area contributed by atoms with Crippen molar-refractivity contribution < 1.29 is 4.79 Å². The number of hydrogen-bond donors (Lipinski definition) is 0. The molecule has 0 N–H and O–H groups in total. The van der Waals surface area contributed by atoms with E-state index in [4.69, 9.17) is 11.6 Å². The number of carbonyl (C=O) groups excluding carboxylic acids is 1. The molecule has 0 radical (unpaired) electrons. The molecule has 4 heteroatoms. The van der Waals surface area contributed by atoms with Crippen molar-refractivity contribution in [3.05, 3.63) is 94.8 Å². The highest BCUT2D eigenvalue weighted by Crippen LogP contribution is 2.30. The van der Waals surface area contributed by atoms with E-state index in [-0.39, 0.29) is 5.91 Å². The lowest BCUT2D eigenvalue weighted by atomic mass is 10.2. The molecule has 3 nitrogen and oxygen atoms in total. The zero-order valence-electron chi connectivity index (χ0n) is 14.5. The fraction of sp³-hybridized carbons (Fsp3) is 0.227. The van der Waals surface area contributed by atoms with Crippen LogP contribution in [-0.4, -0.2) is 21.4 Å². The maximum absolute atomic E-state index is 13.0. The molecule has 0 atom stereocenters. The van der Waals surface area contributed by atoms with Crippen molar-refractivity contribution >= 4 is 17.5 Å². The van der Waals surface area contributed by atoms with Crippen molar-refractivity contribution in [1.29, 1.82) is 0 Å². The lowest BCUT2D eigenvalue weighted by Crippen LogP contribution is -2.33. The molecule has 4 rings (SSSR count). The minimum absolute atomic E-state index is 0.110. The van der Waals surface area contributed by atoms with Gasteiger partial charge in [0.05, 0.1) is 6.54 Å². The second-order valence-electron chi connectivity index (χ2n) is 6.75. The highest BCUT2D eigenvalue weighted by atomic mass is 35.5. The molecule has 0 saturated heterocycles. The van der Waals surface area contributed by atoms with Crippen LogP contribution in [0.5, 0.6) is 0 Å². The van der Waals surface area contributed by atoms with Crippen molar-refractivity contribution in [1.82, 2.24) is 9.47 Å². The molecule has 1 aliphatic carbocycles. The molecule has 0 aliphatic heterocycles. The first kappa shape index (κ1) is 16.9. The van der Waals surface area contributed by atoms with Gasteiger partial charge in [0, 0.05) is 35.1 Å². The van der Waals surface area contributed by atoms with E-state index >= 15 is 0 Å². The zero-order chi connectivity index (χ0) is 17.9. The summed E-state index contributed by atoms with van der Waals surface area (Å²) in [5.41, 5.74) is 2.96. The monoisotopic (exact) mass is 364 g/mol. The number of carbonyl (C=O) groups is 1. The maximum atomic E-state index is 13.0. The van der Waals surface area contributed by atoms with Gasteiger partial charge in [0.25, 0.3) is 5.91 Å². The molecule has 1 heterocycles. The Morgan fingerprint density at radius 1 is 1.00 bits per heavy atom. The predicted octanol–water partition coefficient (Wildman–Crippen LogP) is 4.99. The van der Waals surface area contributed by atoms with Gasteiger partial charge in [-0.15, -0.1) is 0 Å². The number of amides is 1. The average molecular weight is 365 g/mol. The van der Waals surface area contributed by atoms with E-state index in [0.29, 0.717) is 19.1 Å². The SMILES string of the molecule is O=C(c1ccccc1)N(Cc1cccn1Cc1ccccc1Cl)C1CC1. The number of nitrogens with zero attached hydrogens (tertiary/aromatic N) is 2. The summed E-state index contributed by atoms with van der Waals surface area (Å²) in [4.78, 5) is 15.0. The van der Waals surface area contributed by atoms with E-state index in [1.54, 1.807) is 0 Å². The van der Waals surface area contributed by atoms with E-state index in [0.717, 1.165) is 34.7 Å². The van der Waals surface area contributed by atoms with E-state index in [2.05, 4.69) is 16.8 Å². The molecule has 0 bridgehead atoms. The molecular weight excluding hydrogens is 344 g/mol. The van der Waals surface area contributed by atoms with Crippen LogP contribution >= 0.6 is 11.6 Å². The van der Waals surface area contributed by atoms with Gasteiger partial charge in [-0.25, -0.2) is 0 Å². The van der Waals surface area contributed by atoms with Crippen LogP contribution in [0.2, 0.25) is 5.02 Å². The van der Waals surface area contributed by atoms with E-state index < -0.39 is 0 Å². The maximum Gasteiger partial charge on any atom is 0.254 e. The topological polar surface area (TPSA) is 25.2 Å². The molecule has 1 aromatic heterocycles. The molecule has 1 saturated carbocycles. The Morgan fingerprint density at radius 2 is 1.73 bits per heavy atom. The Bertz CT molecular complexity index is 899. The minimum atomic E-state index is 0.110. The Balaban J connectivity index is 1.55. The summed E-state index contributed by atoms with van der Waals surface area (Å²) in [6, 6.07) is 21.9. The normalized spacial score (nSPS) is 13.6. The Morgan fingerprint density at radius 3 is 2.46 bits per heavy atom. The van der Waals surface area contributed by atoms with Gasteiger partial charge >= 0.3 is 0 Å². The molecule has 0 unspecified atom stereocenters. The smallest absolute Gasteiger partial charge is 0.254 e. The van der Waals surface area contributed by atoms with Gasteiger partial charge in [0.1, 0.15) is 0 Å². The Kier molecular flexibility index (Phi) is 4.81. The Hall–Kier alpha value is -2.52. The van der Waals surface area contributed by atoms with Gasteiger partial charge in [-0.2, -0.15) is 0 Å². The summed E-state index contributed by atoms with van der Waals surface area (Å²) < 4.78 is 2.18. The zero-order valence-corrected chi connectivity index (χ0v) is 15.3. The van der Waals surface area contributed by atoms with Crippen LogP contribution in [-0.2, 0) is 13.1 Å². The molecule has 0 spiro atoms. The molecular formula is C22H21ClN2O. The number of rotatable bonds is 6. The van der Waals surface area contributed by atoms with Crippen LogP contribution in [0.15, 0.2) is 72.9 Å². The lowest BCUT2D eigenvalue weighted by Gasteiger charge is -2.23. The van der Waals surface area contributed by atoms with Gasteiger partial charge in [0.15, 0.2) is 0 Å². The summed E-state index contributed by atoms with van der Waals surface area (Å²) >= 11 is 6.31. The third-order valence-corrected chi connectivity index (χ3v) is 5.19. The standard InChI is InChI=1S/C22H21ClN2O/c23-21-11-5-4-9-18(21)15-24-14-6-10-20(24)16-25(19-12-13-19)22(26)17-7-2-1-3-8-17/h1-11,14,19H,12-13,15-16H2. The van der Waals surface area contributed by atoms with E-state index in [1.807, 2.05) is 65.6 Å². The molecule has 1 fully saturated rings. The van der Waals surface area contributed by atoms with Crippen LogP contribution in [0.25, 0.3) is 0 Å². The largest absolute Gasteiger partial charge is 0.345 e. The number of benzene rings is 2. The summed E-state index contributed by atoms with van der Waals surface area (Å²) in [6.07, 6.45) is 4.23. The Labute approximate surface area is 158 Å². The summed E-state index contributed by atoms with van der Waals surface area (Å²) in [6.45, 7) is 1.33. The van der Waals surface area contributed by atoms with Gasteiger partial charge in [0.2, 0.25) is 0 Å². The van der Waals surface area contributed by atoms with Crippen molar-refractivity contribution in [2.24, 2.45) is 0 Å². The molecule has 26 heavy (non-hydrogen) atoms. The summed E-state index contributed by atoms with van der Waals surface area (Å²) in [5, 5.41) is 0.770. The first-order valence-corrected chi connectivity index (χ1v) is 9.33. The second-order valence-corrected chi connectivity index (χ2v) is 7.16. The summed E-state index contributed by atoms with van der Waals surface area (Å²) in [5.74, 6) is 0.110. The minimum Gasteiger partial charge on any atom is -0.345 e. The van der Waals surface area contributed by atoms with Crippen LogP contribution < -0.4 is 0 Å². The fourth-order valence-electron chi connectivity index (χ4n) is 3.23. The van der Waals surface area contributed by atoms with E-state index in [1.165, 1.54) is 0 Å². The summed E-state index contributed by atoms with van der Waals surface area (Å²) in [7, 11) is 0. The second kappa shape index (κ2) is 7.38. The quantitative estimate of drug-likeness (QED) is 0.604. The van der Waals surface area contributed by atoms with Crippen molar-refractivity contribution in [2.45, 2.75) is 32.0 Å². The third kappa shape index (κ3) is 3.68. The number of halogens is 1. The van der Waals surface area contributed by atoms with Crippen LogP contribution in [0, 0.1) is 0 Å². The van der Waals surface area contributed by atoms with Gasteiger partial charge in [-0.05, 0) is 48.7 Å². The van der Waals surface area contributed by atoms with Gasteiger partial charge in [-0.3, -0.25) is 4.79 Å². The fourth-order valence-corrected chi connectivity index (χ4v) is 3.43. The van der Waals surface area contributed by atoms with Crippen LogP contribution in [0.1, 0.15) is 34.5 Å². The van der Waals surface area contributed by atoms with Gasteiger partial charge < -0.3 is 9.47 Å². The van der Waals surface area contributed by atoms with Crippen molar-refractivity contribution in [3.63, 3.8) is 0 Å². The van der Waals surface area contributed by atoms with Crippen molar-refractivity contribution in [2.75, 3.05) is 0 Å². The molecule has 1 aliphatic rings. The van der Waals surface area contributed by atoms with Crippen LogP contribution in [0.4, 0.5) is 0 Å². The number of hydrogen-bond acceptors (Lipinski definition) is 1. The van der Waals surface area contributed by atoms with Crippen LogP contribution in [0.3, 0.4) is 0 Å². The highest BCUT2D eigenvalue weighted by molar-refractivity contribution is 6.31. The number of aromatic nitrogens is 1. The molecule has 132 valence electrons. The lowest BCUT2D eigenvalue weighted by molar-refractivity contribution is 0.0726. The van der Waals surface area contributed by atoms with E-state index in [9.17, 15) is 4.79 Å². The van der Waals surface area contributed by atoms with Crippen molar-refractivity contribution in [3.8, 4) is 0 Å². The average Bonchev–Trinajstić information content (AvgIpc) is 3.42. The molecule has 2 aromatic carbocycles. The third-order valence-electron chi connectivity index (χ3n) is 4.82.